The molecule has 0 aliphatic carbocycles. The molecule has 0 fully saturated rings. The van der Waals surface area contributed by atoms with Crippen LogP contribution in [0.15, 0.2) is 36.5 Å². The van der Waals surface area contributed by atoms with E-state index < -0.39 is 15.2 Å². The summed E-state index contributed by atoms with van der Waals surface area (Å²) in [5.41, 5.74) is 1.51. The fourth-order valence-corrected chi connectivity index (χ4v) is 2.65. The quantitative estimate of drug-likeness (QED) is 0.490. The van der Waals surface area contributed by atoms with E-state index in [0.29, 0.717) is 16.7 Å². The molecule has 0 bridgehead atoms. The predicted octanol–water partition coefficient (Wildman–Crippen LogP) is 2.05. The third-order valence-corrected chi connectivity index (χ3v) is 3.76. The molecule has 7 nitrogen and oxygen atoms in total. The Labute approximate surface area is 121 Å². The molecule has 21 heavy (non-hydrogen) atoms. The van der Waals surface area contributed by atoms with Crippen molar-refractivity contribution in [3.05, 3.63) is 73.2 Å². The van der Waals surface area contributed by atoms with Crippen LogP contribution in [-0.4, -0.2) is 18.1 Å². The summed E-state index contributed by atoms with van der Waals surface area (Å²) in [6, 6.07) is 7.52. The van der Waals surface area contributed by atoms with Gasteiger partial charge in [0.25, 0.3) is 5.69 Å². The summed E-state index contributed by atoms with van der Waals surface area (Å²) in [7, 11) is -2.65. The van der Waals surface area contributed by atoms with Crippen molar-refractivity contribution in [2.75, 3.05) is 0 Å². The highest BCUT2D eigenvalue weighted by Gasteiger charge is 2.11. The van der Waals surface area contributed by atoms with Crippen LogP contribution >= 0.6 is 0 Å². The third-order valence-electron chi connectivity index (χ3n) is 3.00. The van der Waals surface area contributed by atoms with Gasteiger partial charge in [-0.1, -0.05) is 12.1 Å². The zero-order valence-corrected chi connectivity index (χ0v) is 11.8. The molecule has 0 saturated heterocycles. The van der Waals surface area contributed by atoms with Crippen molar-refractivity contribution in [3.8, 4) is 0 Å². The molecule has 0 N–H and O–H groups in total. The fraction of sp³-hybridized carbons (Fsp3) is 0.154. The maximum absolute atomic E-state index is 11.5. The molecule has 1 aromatic carbocycles. The summed E-state index contributed by atoms with van der Waals surface area (Å²) in [5.74, 6) is 0. The summed E-state index contributed by atoms with van der Waals surface area (Å²) < 4.78 is 22.2. The van der Waals surface area contributed by atoms with Gasteiger partial charge in [0, 0.05) is 18.1 Å². The van der Waals surface area contributed by atoms with Crippen LogP contribution in [-0.2, 0) is 16.7 Å². The maximum atomic E-state index is 11.5. The largest absolute Gasteiger partial charge is 0.805 e. The third kappa shape index (κ3) is 3.11. The normalized spacial score (nSPS) is 10.3. The molecule has 0 aliphatic rings. The Morgan fingerprint density at radius 1 is 1.29 bits per heavy atom. The van der Waals surface area contributed by atoms with Crippen LogP contribution in [0, 0.1) is 26.9 Å². The van der Waals surface area contributed by atoms with Crippen LogP contribution in [0.1, 0.15) is 16.7 Å². The van der Waals surface area contributed by atoms with E-state index in [9.17, 15) is 23.7 Å². The van der Waals surface area contributed by atoms with Gasteiger partial charge in [-0.15, -0.1) is 0 Å². The van der Waals surface area contributed by atoms with Gasteiger partial charge in [0.05, 0.1) is 4.92 Å². The number of aromatic nitrogens is 1. The predicted molar refractivity (Wildman–Crippen MR) is 76.0 cm³/mol. The first kappa shape index (κ1) is 14.8. The van der Waals surface area contributed by atoms with Gasteiger partial charge in [0.1, 0.15) is 0 Å². The lowest BCUT2D eigenvalue weighted by Crippen LogP contribution is -2.00. The lowest BCUT2D eigenvalue weighted by Gasteiger charge is -2.12. The molecule has 2 aromatic rings. The van der Waals surface area contributed by atoms with Crippen LogP contribution in [0.4, 0.5) is 5.69 Å². The Hall–Kier alpha value is -2.61. The number of benzene rings is 1. The minimum absolute atomic E-state index is 0.00155. The topological polar surface area (TPSA) is 105 Å². The van der Waals surface area contributed by atoms with E-state index in [4.69, 9.17) is 0 Å². The van der Waals surface area contributed by atoms with Crippen molar-refractivity contribution in [2.24, 2.45) is 0 Å². The highest BCUT2D eigenvalue weighted by Crippen LogP contribution is 2.20. The summed E-state index contributed by atoms with van der Waals surface area (Å²) in [4.78, 5) is 10.3. The molecule has 2 rings (SSSR count). The van der Waals surface area contributed by atoms with Crippen molar-refractivity contribution >= 4 is 16.0 Å². The summed E-state index contributed by atoms with van der Waals surface area (Å²) in [5, 5.41) is 22.3. The molecule has 0 amide bonds. The molecule has 0 atom stereocenters. The molecule has 1 aromatic heterocycles. The number of hydrogen-bond acceptors (Lipinski definition) is 5. The zero-order chi connectivity index (χ0) is 15.6. The molecule has 0 saturated carbocycles. The first-order valence-electron chi connectivity index (χ1n) is 5.94. The van der Waals surface area contributed by atoms with E-state index in [1.54, 1.807) is 19.1 Å². The molecule has 1 heterocycles. The van der Waals surface area contributed by atoms with Crippen molar-refractivity contribution in [2.45, 2.75) is 13.3 Å². The molecule has 110 valence electrons. The van der Waals surface area contributed by atoms with Crippen LogP contribution < -0.4 is 0 Å². The average Bonchev–Trinajstić information content (AvgIpc) is 2.37. The second-order valence-corrected chi connectivity index (χ2v) is 5.31. The van der Waals surface area contributed by atoms with E-state index in [-0.39, 0.29) is 21.5 Å². The van der Waals surface area contributed by atoms with Gasteiger partial charge in [-0.3, -0.25) is 10.1 Å². The lowest BCUT2D eigenvalue weighted by molar-refractivity contribution is -0.385. The number of aryl methyl sites for hydroxylation is 1. The average molecular weight is 307 g/mol. The van der Waals surface area contributed by atoms with Gasteiger partial charge in [0.15, 0.2) is 4.64 Å². The van der Waals surface area contributed by atoms with Gasteiger partial charge in [0.2, 0.25) is 10.3 Å². The highest BCUT2D eigenvalue weighted by atomic mass is 32.2. The van der Waals surface area contributed by atoms with E-state index in [1.165, 1.54) is 18.2 Å². The molecule has 0 spiro atoms. The van der Waals surface area contributed by atoms with Gasteiger partial charge in [-0.2, -0.15) is 8.42 Å². The van der Waals surface area contributed by atoms with Crippen LogP contribution in [0.3, 0.4) is 0 Å². The van der Waals surface area contributed by atoms with Gasteiger partial charge in [-0.05, 0) is 36.4 Å². The first-order chi connectivity index (χ1) is 9.90. The molecular weight excluding hydrogens is 296 g/mol. The number of nitro benzene ring substituents is 1. The lowest BCUT2D eigenvalue weighted by atomic mass is 10.0. The Bertz CT molecular complexity index is 876. The van der Waals surface area contributed by atoms with Crippen molar-refractivity contribution < 1.29 is 13.3 Å². The Morgan fingerprint density at radius 2 is 2.00 bits per heavy atom. The smallest absolute Gasteiger partial charge is 0.272 e. The van der Waals surface area contributed by atoms with Crippen LogP contribution in [0.2, 0.25) is 0 Å². The van der Waals surface area contributed by atoms with E-state index in [2.05, 4.69) is 0 Å². The molecule has 8 heteroatoms. The fourth-order valence-electron chi connectivity index (χ4n) is 2.09. The van der Waals surface area contributed by atoms with Gasteiger partial charge >= 0.3 is 0 Å². The molecule has 0 radical (unpaired) electrons. The SMILES string of the molecule is Cc1cc(Cc2cccn([O-])c2=S(=O)=O)ccc1[N+](=O)[O-]. The van der Waals surface area contributed by atoms with Gasteiger partial charge in [-0.25, -0.2) is 0 Å². The number of hydrogen-bond donors (Lipinski definition) is 0. The second-order valence-electron chi connectivity index (χ2n) is 4.45. The van der Waals surface area contributed by atoms with Crippen LogP contribution in [0.25, 0.3) is 0 Å². The number of pyridine rings is 1. The minimum Gasteiger partial charge on any atom is -0.805 e. The molecular formula is C13H11N2O5S-. The van der Waals surface area contributed by atoms with E-state index in [0.717, 1.165) is 6.20 Å². The molecule has 0 unspecified atom stereocenters. The minimum atomic E-state index is -2.65. The standard InChI is InChI=1S/C13H11N2O5S/c1-9-7-10(4-5-12(9)15(17)18)8-11-3-2-6-14(16)13(11)21(19)20/h2-7H,8H2,1H3/q-1. The Balaban J connectivity index is 2.50. The number of nitrogens with zero attached hydrogens (tertiary/aromatic N) is 2. The number of rotatable bonds is 3. The van der Waals surface area contributed by atoms with E-state index in [1.807, 2.05) is 0 Å². The zero-order valence-electron chi connectivity index (χ0n) is 11.0. The second kappa shape index (κ2) is 5.80. The monoisotopic (exact) mass is 307 g/mol. The first-order valence-corrected chi connectivity index (χ1v) is 7.02. The summed E-state index contributed by atoms with van der Waals surface area (Å²) >= 11 is 0. The van der Waals surface area contributed by atoms with Crippen LogP contribution in [0.5, 0.6) is 0 Å². The molecule has 0 aliphatic heterocycles. The Morgan fingerprint density at radius 3 is 2.57 bits per heavy atom. The Kier molecular flexibility index (Phi) is 4.08. The van der Waals surface area contributed by atoms with Gasteiger partial charge < -0.3 is 9.94 Å². The summed E-state index contributed by atoms with van der Waals surface area (Å²) in [6.45, 7) is 1.60. The summed E-state index contributed by atoms with van der Waals surface area (Å²) in [6.07, 6.45) is 1.31. The number of nitro groups is 1. The van der Waals surface area contributed by atoms with Crippen molar-refractivity contribution in [1.29, 1.82) is 0 Å². The maximum Gasteiger partial charge on any atom is 0.272 e. The van der Waals surface area contributed by atoms with E-state index >= 15 is 0 Å². The highest BCUT2D eigenvalue weighted by molar-refractivity contribution is 7.63. The van der Waals surface area contributed by atoms with Crippen molar-refractivity contribution in [3.63, 3.8) is 0 Å². The van der Waals surface area contributed by atoms with Crippen molar-refractivity contribution in [1.82, 2.24) is 4.73 Å².